The van der Waals surface area contributed by atoms with E-state index in [1.807, 2.05) is 42.5 Å². The predicted molar refractivity (Wildman–Crippen MR) is 167 cm³/mol. The molecule has 5 heterocycles. The molecule has 0 aliphatic carbocycles. The Morgan fingerprint density at radius 1 is 0.762 bits per heavy atom. The molecular weight excluding hydrogens is 612 g/mol. The number of fused-ring (bicyclic) bond motifs is 6. The van der Waals surface area contributed by atoms with Gasteiger partial charge in [0.1, 0.15) is 0 Å². The second-order valence-corrected chi connectivity index (χ2v) is 10.7. The average Bonchev–Trinajstić information content (AvgIpc) is 3.65. The minimum absolute atomic E-state index is 0. The van der Waals surface area contributed by atoms with Gasteiger partial charge in [0.25, 0.3) is 0 Å². The summed E-state index contributed by atoms with van der Waals surface area (Å²) in [5, 5.41) is 15.7. The molecular formula is C36H35AgN4O-3. The predicted octanol–water partition coefficient (Wildman–Crippen LogP) is 5.78. The van der Waals surface area contributed by atoms with Gasteiger partial charge in [0.2, 0.25) is 0 Å². The van der Waals surface area contributed by atoms with Crippen molar-refractivity contribution in [1.29, 1.82) is 0 Å². The minimum atomic E-state index is -0.118. The van der Waals surface area contributed by atoms with Crippen molar-refractivity contribution in [3.05, 3.63) is 109 Å². The van der Waals surface area contributed by atoms with E-state index in [-0.39, 0.29) is 28.3 Å². The molecule has 3 aromatic rings. The van der Waals surface area contributed by atoms with Crippen LogP contribution in [-0.4, -0.2) is 16.0 Å². The summed E-state index contributed by atoms with van der Waals surface area (Å²) in [6.07, 6.45) is 11.7. The van der Waals surface area contributed by atoms with Crippen LogP contribution in [-0.2, 0) is 28.8 Å². The van der Waals surface area contributed by atoms with Gasteiger partial charge in [-0.2, -0.15) is 5.35 Å². The number of allylic oxidation sites excluding steroid dienone is 5. The Morgan fingerprint density at radius 2 is 1.43 bits per heavy atom. The third kappa shape index (κ3) is 4.90. The zero-order chi connectivity index (χ0) is 28.8. The molecule has 0 amide bonds. The Morgan fingerprint density at radius 3 is 2.10 bits per heavy atom. The molecule has 0 saturated carbocycles. The van der Waals surface area contributed by atoms with Gasteiger partial charge in [0.15, 0.2) is 0 Å². The second kappa shape index (κ2) is 11.9. The molecule has 0 atom stereocenters. The topological polar surface area (TPSA) is 66.8 Å². The van der Waals surface area contributed by atoms with Crippen LogP contribution in [0, 0.1) is 13.0 Å². The Kier molecular flexibility index (Phi) is 8.47. The Labute approximate surface area is 263 Å². The van der Waals surface area contributed by atoms with Crippen LogP contribution in [0.25, 0.3) is 23.9 Å². The van der Waals surface area contributed by atoms with Crippen molar-refractivity contribution < 1.29 is 27.5 Å². The summed E-state index contributed by atoms with van der Waals surface area (Å²) >= 11 is 0. The molecule has 8 bridgehead atoms. The number of rotatable bonds is 5. The number of nitrogens with zero attached hydrogens (tertiary/aromatic N) is 4. The zero-order valence-corrected chi connectivity index (χ0v) is 26.5. The largest absolute Gasteiger partial charge is 0.902 e. The van der Waals surface area contributed by atoms with Crippen molar-refractivity contribution in [3.63, 3.8) is 0 Å². The van der Waals surface area contributed by atoms with Crippen LogP contribution in [0.2, 0.25) is 0 Å². The number of hydrogen-bond donors (Lipinski definition) is 0. The average molecular weight is 648 g/mol. The van der Waals surface area contributed by atoms with Crippen LogP contribution in [0.3, 0.4) is 0 Å². The van der Waals surface area contributed by atoms with E-state index in [0.29, 0.717) is 11.3 Å². The Balaban J connectivity index is 0.00000353. The van der Waals surface area contributed by atoms with Gasteiger partial charge < -0.3 is 14.7 Å². The summed E-state index contributed by atoms with van der Waals surface area (Å²) in [5.41, 5.74) is 12.8. The fraction of sp³-hybridized carbons (Fsp3) is 0.278. The summed E-state index contributed by atoms with van der Waals surface area (Å²) in [4.78, 5) is 15.3. The zero-order valence-electron chi connectivity index (χ0n) is 25.0. The number of aromatic nitrogens is 2. The van der Waals surface area contributed by atoms with Crippen molar-refractivity contribution in [1.82, 2.24) is 9.55 Å². The van der Waals surface area contributed by atoms with Crippen molar-refractivity contribution in [2.75, 3.05) is 0 Å². The summed E-state index contributed by atoms with van der Waals surface area (Å²) in [6.45, 7) is 12.9. The van der Waals surface area contributed by atoms with Crippen molar-refractivity contribution in [2.24, 2.45) is 9.98 Å². The van der Waals surface area contributed by atoms with Crippen LogP contribution >= 0.6 is 0 Å². The molecule has 0 spiro atoms. The molecule has 1 aromatic carbocycles. The van der Waals surface area contributed by atoms with Crippen molar-refractivity contribution >= 4 is 29.7 Å². The Hall–Kier alpha value is -3.64. The SMILES string of the molecule is CCC1=C(C)C2=Cc3[c-]c(n(-c4ccccc4)c3[O-])C=c3[n-]c(c(CC)c3C)=CC3=NC(=CC1=N2)C(CC)=C3CC.[Ag]. The molecule has 5 nitrogen and oxygen atoms in total. The number of para-hydroxylation sites is 1. The van der Waals surface area contributed by atoms with Gasteiger partial charge in [-0.3, -0.25) is 4.99 Å². The maximum Gasteiger partial charge on any atom is 0.0694 e. The van der Waals surface area contributed by atoms with Crippen molar-refractivity contribution in [2.45, 2.75) is 67.2 Å². The van der Waals surface area contributed by atoms with Gasteiger partial charge in [-0.15, -0.1) is 35.0 Å². The first-order valence-electron chi connectivity index (χ1n) is 14.7. The maximum absolute atomic E-state index is 13.9. The van der Waals surface area contributed by atoms with E-state index in [9.17, 15) is 5.11 Å². The van der Waals surface area contributed by atoms with E-state index in [0.717, 1.165) is 76.0 Å². The minimum Gasteiger partial charge on any atom is -0.902 e. The van der Waals surface area contributed by atoms with Crippen molar-refractivity contribution in [3.8, 4) is 11.6 Å². The third-order valence-corrected chi connectivity index (χ3v) is 8.46. The van der Waals surface area contributed by atoms with Gasteiger partial charge in [-0.25, -0.2) is 4.99 Å². The fourth-order valence-corrected chi connectivity index (χ4v) is 6.30. The Bertz CT molecular complexity index is 1890. The smallest absolute Gasteiger partial charge is 0.0694 e. The van der Waals surface area contributed by atoms with Gasteiger partial charge in [0, 0.05) is 33.8 Å². The first-order chi connectivity index (χ1) is 19.9. The summed E-state index contributed by atoms with van der Waals surface area (Å²) in [5.74, 6) is -0.118. The second-order valence-electron chi connectivity index (χ2n) is 10.7. The van der Waals surface area contributed by atoms with Crippen LogP contribution < -0.4 is 20.8 Å². The van der Waals surface area contributed by atoms with E-state index < -0.39 is 0 Å². The normalized spacial score (nSPS) is 16.0. The maximum atomic E-state index is 13.9. The van der Waals surface area contributed by atoms with E-state index in [4.69, 9.17) is 15.0 Å². The molecule has 2 aromatic heterocycles. The standard InChI is InChI=1S/C36H36N4O.Ag/c1-7-26-21(5)30-17-23-16-25(40(36(23)41)24-14-12-11-13-15-24)18-31-22(6)27(8-2)33(38-31)20-35-29(10-4)28(9-3)34(39-35)19-32(26)37-30;/h11-15,17-20H,7-10H2,1-6H3,(H-,37,38,39,41);/q-2;/p-1. The van der Waals surface area contributed by atoms with Crippen LogP contribution in [0.15, 0.2) is 80.1 Å². The van der Waals surface area contributed by atoms with Gasteiger partial charge in [-0.1, -0.05) is 63.1 Å². The summed E-state index contributed by atoms with van der Waals surface area (Å²) in [6, 6.07) is 13.2. The summed E-state index contributed by atoms with van der Waals surface area (Å²) in [7, 11) is 0. The monoisotopic (exact) mass is 646 g/mol. The van der Waals surface area contributed by atoms with E-state index in [1.165, 1.54) is 22.3 Å². The molecule has 0 unspecified atom stereocenters. The molecule has 6 rings (SSSR count). The fourth-order valence-electron chi connectivity index (χ4n) is 6.30. The molecule has 0 saturated heterocycles. The molecule has 0 fully saturated rings. The molecule has 0 N–H and O–H groups in total. The molecule has 6 heteroatoms. The quantitative estimate of drug-likeness (QED) is 0.261. The number of benzene rings is 1. The number of aliphatic imine (C=N–C) groups is 2. The number of hydrogen-bond acceptors (Lipinski definition) is 3. The molecule has 1 radical (unpaired) electrons. The molecule has 219 valence electrons. The van der Waals surface area contributed by atoms with Crippen LogP contribution in [0.1, 0.15) is 76.3 Å². The molecule has 42 heavy (non-hydrogen) atoms. The summed E-state index contributed by atoms with van der Waals surface area (Å²) < 4.78 is 1.73. The van der Waals surface area contributed by atoms with E-state index in [1.54, 1.807) is 4.57 Å². The first-order valence-corrected chi connectivity index (χ1v) is 14.7. The van der Waals surface area contributed by atoms with Gasteiger partial charge in [-0.05, 0) is 85.7 Å². The van der Waals surface area contributed by atoms with Crippen LogP contribution in [0.4, 0.5) is 0 Å². The van der Waals surface area contributed by atoms with Crippen LogP contribution in [0.5, 0.6) is 5.88 Å². The van der Waals surface area contributed by atoms with E-state index in [2.05, 4.69) is 59.8 Å². The molecule has 3 aliphatic heterocycles. The third-order valence-electron chi connectivity index (χ3n) is 8.46. The van der Waals surface area contributed by atoms with E-state index >= 15 is 0 Å². The first kappa shape index (κ1) is 29.8. The molecule has 3 aliphatic rings. The van der Waals surface area contributed by atoms with Gasteiger partial charge >= 0.3 is 0 Å². The van der Waals surface area contributed by atoms with Gasteiger partial charge in [0.05, 0.1) is 17.1 Å².